The standard InChI is InChI=1S/C11H14F3N5S/c1-5-8(6(2)19(3)18-5)9(17-15)7-4-16-10(20-7)11(12,13)14/h4,9,17H,15H2,1-3H3. The van der Waals surface area contributed by atoms with Crippen molar-refractivity contribution in [1.82, 2.24) is 20.2 Å². The van der Waals surface area contributed by atoms with Crippen LogP contribution in [0.2, 0.25) is 0 Å². The summed E-state index contributed by atoms with van der Waals surface area (Å²) in [6, 6.07) is -0.558. The molecule has 3 N–H and O–H groups in total. The molecule has 0 aliphatic heterocycles. The van der Waals surface area contributed by atoms with Gasteiger partial charge < -0.3 is 0 Å². The second-order valence-electron chi connectivity index (χ2n) is 4.37. The summed E-state index contributed by atoms with van der Waals surface area (Å²) in [5, 5.41) is 3.36. The predicted molar refractivity (Wildman–Crippen MR) is 69.0 cm³/mol. The Balaban J connectivity index is 2.45. The predicted octanol–water partition coefficient (Wildman–Crippen LogP) is 2.06. The van der Waals surface area contributed by atoms with Crippen molar-refractivity contribution >= 4 is 11.3 Å². The molecule has 2 aromatic heterocycles. The third-order valence-electron chi connectivity index (χ3n) is 3.07. The molecular formula is C11H14F3N5S. The minimum Gasteiger partial charge on any atom is -0.272 e. The van der Waals surface area contributed by atoms with E-state index < -0.39 is 17.2 Å². The van der Waals surface area contributed by atoms with Crippen molar-refractivity contribution in [3.05, 3.63) is 33.0 Å². The molecule has 0 radical (unpaired) electrons. The average molecular weight is 305 g/mol. The maximum absolute atomic E-state index is 12.6. The van der Waals surface area contributed by atoms with Gasteiger partial charge in [-0.3, -0.25) is 10.5 Å². The highest BCUT2D eigenvalue weighted by molar-refractivity contribution is 7.11. The van der Waals surface area contributed by atoms with Crippen LogP contribution in [0.25, 0.3) is 0 Å². The molecule has 2 aromatic rings. The molecule has 0 bridgehead atoms. The Labute approximate surface area is 117 Å². The van der Waals surface area contributed by atoms with Crippen LogP contribution in [-0.4, -0.2) is 14.8 Å². The first-order chi connectivity index (χ1) is 9.25. The monoisotopic (exact) mass is 305 g/mol. The van der Waals surface area contributed by atoms with Gasteiger partial charge in [0, 0.05) is 29.4 Å². The van der Waals surface area contributed by atoms with Crippen molar-refractivity contribution in [2.45, 2.75) is 26.1 Å². The lowest BCUT2D eigenvalue weighted by atomic mass is 10.0. The zero-order valence-corrected chi connectivity index (χ0v) is 11.9. The molecular weight excluding hydrogens is 291 g/mol. The molecule has 0 amide bonds. The number of aryl methyl sites for hydroxylation is 2. The van der Waals surface area contributed by atoms with Crippen LogP contribution in [0.4, 0.5) is 13.2 Å². The van der Waals surface area contributed by atoms with Gasteiger partial charge in [-0.15, -0.1) is 11.3 Å². The Morgan fingerprint density at radius 2 is 2.05 bits per heavy atom. The molecule has 1 atom stereocenters. The summed E-state index contributed by atoms with van der Waals surface area (Å²) in [4.78, 5) is 3.82. The lowest BCUT2D eigenvalue weighted by Crippen LogP contribution is -2.29. The van der Waals surface area contributed by atoms with Crippen LogP contribution >= 0.6 is 11.3 Å². The van der Waals surface area contributed by atoms with Crippen LogP contribution in [0.15, 0.2) is 6.20 Å². The third kappa shape index (κ3) is 2.56. The summed E-state index contributed by atoms with van der Waals surface area (Å²) < 4.78 is 39.5. The minimum absolute atomic E-state index is 0.402. The fourth-order valence-electron chi connectivity index (χ4n) is 2.07. The summed E-state index contributed by atoms with van der Waals surface area (Å²) in [5.41, 5.74) is 4.87. The number of aromatic nitrogens is 3. The summed E-state index contributed by atoms with van der Waals surface area (Å²) in [6.07, 6.45) is -3.25. The molecule has 0 fully saturated rings. The number of nitrogens with two attached hydrogens (primary N) is 1. The molecule has 0 aromatic carbocycles. The van der Waals surface area contributed by atoms with Gasteiger partial charge in [-0.05, 0) is 13.8 Å². The van der Waals surface area contributed by atoms with Crippen LogP contribution in [-0.2, 0) is 13.2 Å². The average Bonchev–Trinajstić information content (AvgIpc) is 2.91. The van der Waals surface area contributed by atoms with Gasteiger partial charge in [-0.25, -0.2) is 10.4 Å². The molecule has 1 unspecified atom stereocenters. The van der Waals surface area contributed by atoms with Gasteiger partial charge in [0.1, 0.15) is 0 Å². The SMILES string of the molecule is Cc1nn(C)c(C)c1C(NN)c1cnc(C(F)(F)F)s1. The Morgan fingerprint density at radius 1 is 1.40 bits per heavy atom. The second-order valence-corrected chi connectivity index (χ2v) is 5.44. The highest BCUT2D eigenvalue weighted by atomic mass is 32.1. The molecule has 0 aliphatic carbocycles. The molecule has 2 rings (SSSR count). The summed E-state index contributed by atoms with van der Waals surface area (Å²) in [6.45, 7) is 3.63. The van der Waals surface area contributed by atoms with E-state index in [0.29, 0.717) is 16.2 Å². The third-order valence-corrected chi connectivity index (χ3v) is 4.18. The van der Waals surface area contributed by atoms with E-state index in [1.807, 2.05) is 6.92 Å². The largest absolute Gasteiger partial charge is 0.443 e. The summed E-state index contributed by atoms with van der Waals surface area (Å²) >= 11 is 0.578. The van der Waals surface area contributed by atoms with E-state index in [9.17, 15) is 13.2 Å². The van der Waals surface area contributed by atoms with Crippen LogP contribution in [0.1, 0.15) is 32.9 Å². The van der Waals surface area contributed by atoms with Gasteiger partial charge >= 0.3 is 6.18 Å². The molecule has 9 heteroatoms. The van der Waals surface area contributed by atoms with E-state index in [1.165, 1.54) is 6.20 Å². The van der Waals surface area contributed by atoms with E-state index in [0.717, 1.165) is 17.0 Å². The normalized spacial score (nSPS) is 13.8. The van der Waals surface area contributed by atoms with Crippen LogP contribution < -0.4 is 11.3 Å². The smallest absolute Gasteiger partial charge is 0.272 e. The number of halogens is 3. The Kier molecular flexibility index (Phi) is 3.85. The zero-order chi connectivity index (χ0) is 15.1. The summed E-state index contributed by atoms with van der Waals surface area (Å²) in [5.74, 6) is 5.51. The van der Waals surface area contributed by atoms with Crippen LogP contribution in [0.5, 0.6) is 0 Å². The van der Waals surface area contributed by atoms with Crippen molar-refractivity contribution in [2.75, 3.05) is 0 Å². The van der Waals surface area contributed by atoms with Crippen molar-refractivity contribution in [2.24, 2.45) is 12.9 Å². The number of rotatable bonds is 3. The van der Waals surface area contributed by atoms with Gasteiger partial charge in [0.05, 0.1) is 11.7 Å². The van der Waals surface area contributed by atoms with Crippen molar-refractivity contribution in [3.8, 4) is 0 Å². The highest BCUT2D eigenvalue weighted by Crippen LogP contribution is 2.36. The van der Waals surface area contributed by atoms with Gasteiger partial charge in [0.15, 0.2) is 5.01 Å². The first-order valence-corrected chi connectivity index (χ1v) is 6.56. The van der Waals surface area contributed by atoms with Crippen LogP contribution in [0.3, 0.4) is 0 Å². The van der Waals surface area contributed by atoms with Crippen LogP contribution in [0, 0.1) is 13.8 Å². The van der Waals surface area contributed by atoms with E-state index in [-0.39, 0.29) is 0 Å². The highest BCUT2D eigenvalue weighted by Gasteiger charge is 2.35. The maximum atomic E-state index is 12.6. The fourth-order valence-corrected chi connectivity index (χ4v) is 2.92. The lowest BCUT2D eigenvalue weighted by Gasteiger charge is -2.14. The van der Waals surface area contributed by atoms with E-state index >= 15 is 0 Å². The van der Waals surface area contributed by atoms with Gasteiger partial charge in [0.2, 0.25) is 0 Å². The number of nitrogens with one attached hydrogen (secondary N) is 1. The maximum Gasteiger partial charge on any atom is 0.443 e. The first-order valence-electron chi connectivity index (χ1n) is 5.74. The van der Waals surface area contributed by atoms with E-state index in [2.05, 4.69) is 15.5 Å². The topological polar surface area (TPSA) is 68.8 Å². The molecule has 5 nitrogen and oxygen atoms in total. The zero-order valence-electron chi connectivity index (χ0n) is 11.1. The molecule has 0 saturated heterocycles. The number of nitrogens with zero attached hydrogens (tertiary/aromatic N) is 3. The molecule has 2 heterocycles. The van der Waals surface area contributed by atoms with Gasteiger partial charge in [-0.2, -0.15) is 18.3 Å². The molecule has 110 valence electrons. The quantitative estimate of drug-likeness (QED) is 0.673. The number of hydrogen-bond acceptors (Lipinski definition) is 5. The molecule has 0 spiro atoms. The molecule has 20 heavy (non-hydrogen) atoms. The number of alkyl halides is 3. The number of hydrazine groups is 1. The van der Waals surface area contributed by atoms with Crippen molar-refractivity contribution in [3.63, 3.8) is 0 Å². The fraction of sp³-hybridized carbons (Fsp3) is 0.455. The molecule has 0 aliphatic rings. The Morgan fingerprint density at radius 3 is 2.45 bits per heavy atom. The van der Waals surface area contributed by atoms with Crippen molar-refractivity contribution in [1.29, 1.82) is 0 Å². The first kappa shape index (κ1) is 14.9. The van der Waals surface area contributed by atoms with Gasteiger partial charge in [0.25, 0.3) is 0 Å². The summed E-state index contributed by atoms with van der Waals surface area (Å²) in [7, 11) is 1.77. The lowest BCUT2D eigenvalue weighted by molar-refractivity contribution is -0.137. The Bertz CT molecular complexity index is 616. The second kappa shape index (κ2) is 5.15. The number of thiazole rings is 1. The van der Waals surface area contributed by atoms with Crippen molar-refractivity contribution < 1.29 is 13.2 Å². The number of hydrogen-bond donors (Lipinski definition) is 2. The Hall–Kier alpha value is -1.45. The molecule has 0 saturated carbocycles. The van der Waals surface area contributed by atoms with E-state index in [4.69, 9.17) is 5.84 Å². The van der Waals surface area contributed by atoms with Gasteiger partial charge in [-0.1, -0.05) is 0 Å². The van der Waals surface area contributed by atoms with E-state index in [1.54, 1.807) is 18.7 Å². The minimum atomic E-state index is -4.44.